The minimum Gasteiger partial charge on any atom is -0.354 e. The standard InChI is InChI=1S/C16H16BrN3O/c1-10-2-3-12(8-14(10)17)19-13-6-7-15(18-9-13)16(21)20-11-4-5-11/h2-3,6-9,11,19H,4-5H2,1H3,(H,20,21). The fourth-order valence-electron chi connectivity index (χ4n) is 1.93. The van der Waals surface area contributed by atoms with E-state index in [2.05, 4.69) is 31.5 Å². The summed E-state index contributed by atoms with van der Waals surface area (Å²) < 4.78 is 1.06. The molecule has 1 aliphatic carbocycles. The van der Waals surface area contributed by atoms with Crippen molar-refractivity contribution in [1.29, 1.82) is 0 Å². The van der Waals surface area contributed by atoms with Crippen LogP contribution in [0.4, 0.5) is 11.4 Å². The van der Waals surface area contributed by atoms with Crippen molar-refractivity contribution in [3.8, 4) is 0 Å². The fraction of sp³-hybridized carbons (Fsp3) is 0.250. The summed E-state index contributed by atoms with van der Waals surface area (Å²) in [7, 11) is 0. The maximum absolute atomic E-state index is 11.8. The zero-order valence-electron chi connectivity index (χ0n) is 11.7. The Hall–Kier alpha value is -1.88. The van der Waals surface area contributed by atoms with Crippen molar-refractivity contribution in [3.05, 3.63) is 52.3 Å². The van der Waals surface area contributed by atoms with Crippen LogP contribution in [0.15, 0.2) is 41.0 Å². The Kier molecular flexibility index (Phi) is 3.92. The van der Waals surface area contributed by atoms with Gasteiger partial charge in [-0.2, -0.15) is 0 Å². The molecule has 21 heavy (non-hydrogen) atoms. The van der Waals surface area contributed by atoms with E-state index in [-0.39, 0.29) is 5.91 Å². The van der Waals surface area contributed by atoms with E-state index in [4.69, 9.17) is 0 Å². The first kappa shape index (κ1) is 14.1. The predicted octanol–water partition coefficient (Wildman–Crippen LogP) is 3.79. The molecule has 0 unspecified atom stereocenters. The van der Waals surface area contributed by atoms with E-state index in [1.54, 1.807) is 12.3 Å². The van der Waals surface area contributed by atoms with Gasteiger partial charge < -0.3 is 10.6 Å². The number of aryl methyl sites for hydroxylation is 1. The number of rotatable bonds is 4. The molecule has 0 aliphatic heterocycles. The highest BCUT2D eigenvalue weighted by atomic mass is 79.9. The number of hydrogen-bond donors (Lipinski definition) is 2. The molecule has 0 atom stereocenters. The van der Waals surface area contributed by atoms with Gasteiger partial charge >= 0.3 is 0 Å². The van der Waals surface area contributed by atoms with Gasteiger partial charge in [-0.25, -0.2) is 4.98 Å². The van der Waals surface area contributed by atoms with Gasteiger partial charge in [0.1, 0.15) is 5.69 Å². The summed E-state index contributed by atoms with van der Waals surface area (Å²) >= 11 is 3.51. The van der Waals surface area contributed by atoms with Gasteiger partial charge in [0, 0.05) is 16.2 Å². The number of halogens is 1. The zero-order valence-corrected chi connectivity index (χ0v) is 13.3. The number of nitrogens with zero attached hydrogens (tertiary/aromatic N) is 1. The van der Waals surface area contributed by atoms with E-state index in [1.807, 2.05) is 31.2 Å². The molecule has 4 nitrogen and oxygen atoms in total. The maximum atomic E-state index is 11.8. The number of pyridine rings is 1. The smallest absolute Gasteiger partial charge is 0.270 e. The number of aromatic nitrogens is 1. The molecule has 1 saturated carbocycles. The van der Waals surface area contributed by atoms with Crippen LogP contribution in [0, 0.1) is 6.92 Å². The molecule has 1 aromatic heterocycles. The normalized spacial score (nSPS) is 13.8. The SMILES string of the molecule is Cc1ccc(Nc2ccc(C(=O)NC3CC3)nc2)cc1Br. The quantitative estimate of drug-likeness (QED) is 0.886. The molecular formula is C16H16BrN3O. The highest BCUT2D eigenvalue weighted by molar-refractivity contribution is 9.10. The lowest BCUT2D eigenvalue weighted by Gasteiger charge is -2.08. The number of amides is 1. The minimum absolute atomic E-state index is 0.0952. The molecule has 1 amide bonds. The fourth-order valence-corrected chi connectivity index (χ4v) is 2.31. The van der Waals surface area contributed by atoms with Gasteiger partial charge in [0.25, 0.3) is 5.91 Å². The molecule has 1 heterocycles. The van der Waals surface area contributed by atoms with E-state index < -0.39 is 0 Å². The van der Waals surface area contributed by atoms with Crippen LogP contribution in [0.2, 0.25) is 0 Å². The van der Waals surface area contributed by atoms with E-state index in [9.17, 15) is 4.79 Å². The lowest BCUT2D eigenvalue weighted by atomic mass is 10.2. The summed E-state index contributed by atoms with van der Waals surface area (Å²) in [5.74, 6) is -0.0952. The number of carbonyl (C=O) groups is 1. The molecule has 2 N–H and O–H groups in total. The molecule has 1 aliphatic rings. The second-order valence-electron chi connectivity index (χ2n) is 5.27. The highest BCUT2D eigenvalue weighted by Gasteiger charge is 2.24. The molecule has 108 valence electrons. The van der Waals surface area contributed by atoms with E-state index >= 15 is 0 Å². The van der Waals surface area contributed by atoms with Crippen molar-refractivity contribution >= 4 is 33.2 Å². The van der Waals surface area contributed by atoms with Gasteiger partial charge in [-0.05, 0) is 49.6 Å². The van der Waals surface area contributed by atoms with Gasteiger partial charge in [0.2, 0.25) is 0 Å². The third kappa shape index (κ3) is 3.61. The average molecular weight is 346 g/mol. The number of anilines is 2. The van der Waals surface area contributed by atoms with E-state index in [0.29, 0.717) is 11.7 Å². The van der Waals surface area contributed by atoms with Crippen LogP contribution in [0.3, 0.4) is 0 Å². The third-order valence-electron chi connectivity index (χ3n) is 3.37. The average Bonchev–Trinajstić information content (AvgIpc) is 3.28. The minimum atomic E-state index is -0.0952. The van der Waals surface area contributed by atoms with Crippen LogP contribution in [0.25, 0.3) is 0 Å². The molecule has 5 heteroatoms. The van der Waals surface area contributed by atoms with Crippen LogP contribution in [0.5, 0.6) is 0 Å². The Bertz CT molecular complexity index is 666. The summed E-state index contributed by atoms with van der Waals surface area (Å²) in [6, 6.07) is 10.0. The van der Waals surface area contributed by atoms with Crippen molar-refractivity contribution < 1.29 is 4.79 Å². The van der Waals surface area contributed by atoms with Crippen molar-refractivity contribution in [1.82, 2.24) is 10.3 Å². The molecule has 0 saturated heterocycles. The molecule has 0 bridgehead atoms. The van der Waals surface area contributed by atoms with E-state index in [1.165, 1.54) is 5.56 Å². The first-order valence-corrected chi connectivity index (χ1v) is 7.71. The molecule has 3 rings (SSSR count). The second-order valence-corrected chi connectivity index (χ2v) is 6.12. The summed E-state index contributed by atoms with van der Waals surface area (Å²) in [6.45, 7) is 2.04. The van der Waals surface area contributed by atoms with Crippen LogP contribution in [-0.4, -0.2) is 16.9 Å². The number of carbonyl (C=O) groups excluding carboxylic acids is 1. The Morgan fingerprint density at radius 1 is 1.24 bits per heavy atom. The molecule has 0 radical (unpaired) electrons. The first-order chi connectivity index (χ1) is 10.1. The number of benzene rings is 1. The predicted molar refractivity (Wildman–Crippen MR) is 86.9 cm³/mol. The Balaban J connectivity index is 1.68. The summed E-state index contributed by atoms with van der Waals surface area (Å²) in [4.78, 5) is 16.1. The van der Waals surface area contributed by atoms with Gasteiger partial charge in [-0.3, -0.25) is 4.79 Å². The molecule has 2 aromatic rings. The van der Waals surface area contributed by atoms with Crippen molar-refractivity contribution in [2.24, 2.45) is 0 Å². The summed E-state index contributed by atoms with van der Waals surface area (Å²) in [5.41, 5.74) is 3.47. The topological polar surface area (TPSA) is 54.0 Å². The molecule has 1 fully saturated rings. The van der Waals surface area contributed by atoms with Crippen LogP contribution in [-0.2, 0) is 0 Å². The largest absolute Gasteiger partial charge is 0.354 e. The second kappa shape index (κ2) is 5.85. The van der Waals surface area contributed by atoms with Gasteiger partial charge in [0.15, 0.2) is 0 Å². The van der Waals surface area contributed by atoms with Crippen molar-refractivity contribution in [2.75, 3.05) is 5.32 Å². The lowest BCUT2D eigenvalue weighted by molar-refractivity contribution is 0.0946. The van der Waals surface area contributed by atoms with Gasteiger partial charge in [-0.1, -0.05) is 22.0 Å². The zero-order chi connectivity index (χ0) is 14.8. The van der Waals surface area contributed by atoms with Crippen molar-refractivity contribution in [3.63, 3.8) is 0 Å². The Labute approximate surface area is 132 Å². The Morgan fingerprint density at radius 3 is 2.62 bits per heavy atom. The van der Waals surface area contributed by atoms with E-state index in [0.717, 1.165) is 28.7 Å². The summed E-state index contributed by atoms with van der Waals surface area (Å²) in [6.07, 6.45) is 3.83. The first-order valence-electron chi connectivity index (χ1n) is 6.92. The molecule has 1 aromatic carbocycles. The van der Waals surface area contributed by atoms with Crippen LogP contribution >= 0.6 is 15.9 Å². The van der Waals surface area contributed by atoms with Crippen LogP contribution < -0.4 is 10.6 Å². The number of nitrogens with one attached hydrogen (secondary N) is 2. The summed E-state index contributed by atoms with van der Waals surface area (Å²) in [5, 5.41) is 6.19. The van der Waals surface area contributed by atoms with Crippen LogP contribution in [0.1, 0.15) is 28.9 Å². The van der Waals surface area contributed by atoms with Crippen molar-refractivity contribution in [2.45, 2.75) is 25.8 Å². The van der Waals surface area contributed by atoms with Gasteiger partial charge in [0.05, 0.1) is 11.9 Å². The third-order valence-corrected chi connectivity index (χ3v) is 4.22. The highest BCUT2D eigenvalue weighted by Crippen LogP contribution is 2.23. The lowest BCUT2D eigenvalue weighted by Crippen LogP contribution is -2.26. The molecule has 0 spiro atoms. The molecular weight excluding hydrogens is 330 g/mol. The monoisotopic (exact) mass is 345 g/mol. The Morgan fingerprint density at radius 2 is 2.00 bits per heavy atom. The maximum Gasteiger partial charge on any atom is 0.270 e. The van der Waals surface area contributed by atoms with Gasteiger partial charge in [-0.15, -0.1) is 0 Å². The number of hydrogen-bond acceptors (Lipinski definition) is 3.